The van der Waals surface area contributed by atoms with E-state index in [-0.39, 0.29) is 5.69 Å². The van der Waals surface area contributed by atoms with Crippen LogP contribution in [-0.4, -0.2) is 25.2 Å². The topological polar surface area (TPSA) is 48.4 Å². The smallest absolute Gasteiger partial charge is 0.356 e. The van der Waals surface area contributed by atoms with Crippen molar-refractivity contribution in [2.75, 3.05) is 14.2 Å². The van der Waals surface area contributed by atoms with E-state index in [0.717, 1.165) is 0 Å². The molecule has 6 heteroatoms. The minimum absolute atomic E-state index is 0.0728. The SMILES string of the molecule is COC(=O)c1cc(OC)c2cc(Br)c(F)cc2n1. The Morgan fingerprint density at radius 1 is 1.33 bits per heavy atom. The number of benzene rings is 1. The lowest BCUT2D eigenvalue weighted by Crippen LogP contribution is -2.05. The minimum atomic E-state index is -0.599. The van der Waals surface area contributed by atoms with Crippen LogP contribution in [0.2, 0.25) is 0 Å². The number of hydrogen-bond donors (Lipinski definition) is 0. The Hall–Kier alpha value is -1.69. The van der Waals surface area contributed by atoms with Crippen LogP contribution >= 0.6 is 15.9 Å². The van der Waals surface area contributed by atoms with Crippen molar-refractivity contribution < 1.29 is 18.7 Å². The van der Waals surface area contributed by atoms with Gasteiger partial charge in [-0.05, 0) is 22.0 Å². The predicted molar refractivity (Wildman–Crippen MR) is 67.3 cm³/mol. The maximum atomic E-state index is 13.5. The number of hydrogen-bond acceptors (Lipinski definition) is 4. The number of pyridine rings is 1. The number of methoxy groups -OCH3 is 2. The maximum absolute atomic E-state index is 13.5. The van der Waals surface area contributed by atoms with Crippen molar-refractivity contribution in [1.82, 2.24) is 4.98 Å². The summed E-state index contributed by atoms with van der Waals surface area (Å²) >= 11 is 3.09. The molecule has 0 atom stereocenters. The number of ether oxygens (including phenoxy) is 2. The Morgan fingerprint density at radius 2 is 2.06 bits per heavy atom. The Labute approximate surface area is 111 Å². The molecule has 0 radical (unpaired) electrons. The van der Waals surface area contributed by atoms with Crippen LogP contribution in [0.25, 0.3) is 10.9 Å². The highest BCUT2D eigenvalue weighted by Crippen LogP contribution is 2.30. The molecule has 0 saturated heterocycles. The minimum Gasteiger partial charge on any atom is -0.496 e. The van der Waals surface area contributed by atoms with Gasteiger partial charge in [-0.3, -0.25) is 0 Å². The van der Waals surface area contributed by atoms with E-state index in [1.54, 1.807) is 6.07 Å². The molecule has 0 fully saturated rings. The van der Waals surface area contributed by atoms with Crippen LogP contribution in [0.4, 0.5) is 4.39 Å². The first-order valence-corrected chi connectivity index (χ1v) is 5.78. The molecule has 0 aliphatic carbocycles. The zero-order chi connectivity index (χ0) is 13.3. The van der Waals surface area contributed by atoms with E-state index in [4.69, 9.17) is 4.74 Å². The van der Waals surface area contributed by atoms with E-state index >= 15 is 0 Å². The summed E-state index contributed by atoms with van der Waals surface area (Å²) in [4.78, 5) is 15.5. The first-order chi connectivity index (χ1) is 8.56. The Bertz CT molecular complexity index is 630. The Kier molecular flexibility index (Phi) is 3.47. The van der Waals surface area contributed by atoms with Crippen LogP contribution < -0.4 is 4.74 Å². The van der Waals surface area contributed by atoms with Gasteiger partial charge in [0.05, 0.1) is 24.2 Å². The van der Waals surface area contributed by atoms with E-state index in [2.05, 4.69) is 25.7 Å². The van der Waals surface area contributed by atoms with Gasteiger partial charge in [0.1, 0.15) is 11.6 Å². The molecule has 0 spiro atoms. The monoisotopic (exact) mass is 313 g/mol. The van der Waals surface area contributed by atoms with Crippen LogP contribution in [0.5, 0.6) is 5.75 Å². The van der Waals surface area contributed by atoms with Crippen molar-refractivity contribution in [2.45, 2.75) is 0 Å². The largest absolute Gasteiger partial charge is 0.496 e. The summed E-state index contributed by atoms with van der Waals surface area (Å²) < 4.78 is 23.5. The quantitative estimate of drug-likeness (QED) is 0.800. The Balaban J connectivity index is 2.75. The third kappa shape index (κ3) is 2.15. The van der Waals surface area contributed by atoms with Crippen LogP contribution in [0, 0.1) is 5.82 Å². The van der Waals surface area contributed by atoms with Crippen molar-refractivity contribution in [2.24, 2.45) is 0 Å². The number of fused-ring (bicyclic) bond motifs is 1. The highest BCUT2D eigenvalue weighted by molar-refractivity contribution is 9.10. The fourth-order valence-corrected chi connectivity index (χ4v) is 1.91. The number of carbonyl (C=O) groups excluding carboxylic acids is 1. The van der Waals surface area contributed by atoms with Crippen LogP contribution in [0.15, 0.2) is 22.7 Å². The zero-order valence-electron chi connectivity index (χ0n) is 9.66. The van der Waals surface area contributed by atoms with Gasteiger partial charge in [-0.15, -0.1) is 0 Å². The average molecular weight is 314 g/mol. The van der Waals surface area contributed by atoms with Crippen molar-refractivity contribution >= 4 is 32.8 Å². The van der Waals surface area contributed by atoms with Crippen molar-refractivity contribution in [3.05, 3.63) is 34.2 Å². The zero-order valence-corrected chi connectivity index (χ0v) is 11.2. The molecule has 0 bridgehead atoms. The molecule has 0 amide bonds. The third-order valence-corrected chi connectivity index (χ3v) is 3.03. The lowest BCUT2D eigenvalue weighted by molar-refractivity contribution is 0.0594. The fourth-order valence-electron chi connectivity index (χ4n) is 1.57. The molecule has 94 valence electrons. The Morgan fingerprint density at radius 3 is 2.67 bits per heavy atom. The van der Waals surface area contributed by atoms with Gasteiger partial charge in [0.2, 0.25) is 0 Å². The second-order valence-electron chi connectivity index (χ2n) is 3.48. The van der Waals surface area contributed by atoms with E-state index in [1.807, 2.05) is 0 Å². The average Bonchev–Trinajstić information content (AvgIpc) is 2.38. The molecule has 0 aliphatic rings. The first-order valence-electron chi connectivity index (χ1n) is 4.99. The first kappa shape index (κ1) is 12.8. The second-order valence-corrected chi connectivity index (χ2v) is 4.34. The van der Waals surface area contributed by atoms with Crippen LogP contribution in [0.1, 0.15) is 10.5 Å². The van der Waals surface area contributed by atoms with Gasteiger partial charge in [-0.25, -0.2) is 14.2 Å². The van der Waals surface area contributed by atoms with Gasteiger partial charge in [0.25, 0.3) is 0 Å². The standard InChI is InChI=1S/C12H9BrFNO3/c1-17-11-5-10(12(16)18-2)15-9-4-8(14)7(13)3-6(9)11/h3-5H,1-2H3. The number of halogens is 2. The van der Waals surface area contributed by atoms with Gasteiger partial charge in [-0.2, -0.15) is 0 Å². The predicted octanol–water partition coefficient (Wildman–Crippen LogP) is 2.93. The van der Waals surface area contributed by atoms with Gasteiger partial charge >= 0.3 is 5.97 Å². The van der Waals surface area contributed by atoms with Crippen LogP contribution in [0.3, 0.4) is 0 Å². The molecular formula is C12H9BrFNO3. The van der Waals surface area contributed by atoms with Gasteiger partial charge in [0.15, 0.2) is 5.69 Å². The summed E-state index contributed by atoms with van der Waals surface area (Å²) in [6, 6.07) is 4.24. The molecule has 0 aliphatic heterocycles. The molecular weight excluding hydrogens is 305 g/mol. The molecule has 0 saturated carbocycles. The highest BCUT2D eigenvalue weighted by atomic mass is 79.9. The molecule has 0 N–H and O–H groups in total. The number of nitrogens with zero attached hydrogens (tertiary/aromatic N) is 1. The summed E-state index contributed by atoms with van der Waals surface area (Å²) in [5.41, 5.74) is 0.402. The number of carbonyl (C=O) groups is 1. The number of rotatable bonds is 2. The highest BCUT2D eigenvalue weighted by Gasteiger charge is 2.14. The molecule has 2 rings (SSSR count). The van der Waals surface area contributed by atoms with Crippen molar-refractivity contribution in [1.29, 1.82) is 0 Å². The molecule has 1 aromatic heterocycles. The normalized spacial score (nSPS) is 10.4. The van der Waals surface area contributed by atoms with Crippen molar-refractivity contribution in [3.8, 4) is 5.75 Å². The fraction of sp³-hybridized carbons (Fsp3) is 0.167. The van der Waals surface area contributed by atoms with Gasteiger partial charge in [-0.1, -0.05) is 0 Å². The van der Waals surface area contributed by atoms with Crippen molar-refractivity contribution in [3.63, 3.8) is 0 Å². The molecule has 4 nitrogen and oxygen atoms in total. The second kappa shape index (κ2) is 4.89. The third-order valence-electron chi connectivity index (χ3n) is 2.43. The summed E-state index contributed by atoms with van der Waals surface area (Å²) in [5, 5.41) is 0.610. The van der Waals surface area contributed by atoms with E-state index in [0.29, 0.717) is 21.1 Å². The maximum Gasteiger partial charge on any atom is 0.356 e. The summed E-state index contributed by atoms with van der Waals surface area (Å²) in [6.07, 6.45) is 0. The van der Waals surface area contributed by atoms with Gasteiger partial charge < -0.3 is 9.47 Å². The number of esters is 1. The van der Waals surface area contributed by atoms with Gasteiger partial charge in [0, 0.05) is 17.5 Å². The van der Waals surface area contributed by atoms with E-state index in [1.165, 1.54) is 26.4 Å². The number of aromatic nitrogens is 1. The molecule has 18 heavy (non-hydrogen) atoms. The summed E-state index contributed by atoms with van der Waals surface area (Å²) in [7, 11) is 2.72. The van der Waals surface area contributed by atoms with Crippen LogP contribution in [-0.2, 0) is 4.74 Å². The van der Waals surface area contributed by atoms with E-state index in [9.17, 15) is 9.18 Å². The molecule has 0 unspecified atom stereocenters. The lowest BCUT2D eigenvalue weighted by Gasteiger charge is -2.08. The lowest BCUT2D eigenvalue weighted by atomic mass is 10.1. The summed E-state index contributed by atoms with van der Waals surface area (Å²) in [5.74, 6) is -0.626. The molecule has 1 heterocycles. The molecule has 2 aromatic rings. The summed E-state index contributed by atoms with van der Waals surface area (Å²) in [6.45, 7) is 0. The molecule has 1 aromatic carbocycles. The van der Waals surface area contributed by atoms with E-state index < -0.39 is 11.8 Å².